The molecule has 1 saturated carbocycles. The molecule has 174 valence electrons. The second kappa shape index (κ2) is 9.76. The van der Waals surface area contributed by atoms with Crippen LogP contribution < -0.4 is 5.32 Å². The van der Waals surface area contributed by atoms with Crippen LogP contribution in [0.1, 0.15) is 64.9 Å². The van der Waals surface area contributed by atoms with Crippen molar-refractivity contribution < 1.29 is 9.18 Å². The van der Waals surface area contributed by atoms with E-state index in [1.165, 1.54) is 18.9 Å². The van der Waals surface area contributed by atoms with Crippen LogP contribution in [0.3, 0.4) is 0 Å². The van der Waals surface area contributed by atoms with E-state index in [9.17, 15) is 9.18 Å². The smallest absolute Gasteiger partial charge is 0.226 e. The summed E-state index contributed by atoms with van der Waals surface area (Å²) in [7, 11) is 0. The van der Waals surface area contributed by atoms with Crippen LogP contribution in [0.4, 0.5) is 4.39 Å². The van der Waals surface area contributed by atoms with Gasteiger partial charge in [0.15, 0.2) is 0 Å². The molecular formula is C25H39ClFN3O. The number of halogens is 2. The molecule has 1 aliphatic carbocycles. The fraction of sp³-hybridized carbons (Fsp3) is 0.720. The Hall–Kier alpha value is -1.17. The maximum absolute atomic E-state index is 13.8. The summed E-state index contributed by atoms with van der Waals surface area (Å²) >= 11 is 0. The maximum Gasteiger partial charge on any atom is 0.226 e. The van der Waals surface area contributed by atoms with Crippen molar-refractivity contribution in [1.82, 2.24) is 15.1 Å². The van der Waals surface area contributed by atoms with Crippen LogP contribution in [-0.4, -0.2) is 53.5 Å². The summed E-state index contributed by atoms with van der Waals surface area (Å²) in [6.07, 6.45) is 6.35. The molecule has 0 aromatic heterocycles. The molecule has 2 heterocycles. The van der Waals surface area contributed by atoms with Gasteiger partial charge in [-0.3, -0.25) is 9.69 Å². The lowest BCUT2D eigenvalue weighted by Crippen LogP contribution is -2.58. The summed E-state index contributed by atoms with van der Waals surface area (Å²) in [5.41, 5.74) is 1.46. The summed E-state index contributed by atoms with van der Waals surface area (Å²) < 4.78 is 13.8. The molecule has 3 fully saturated rings. The van der Waals surface area contributed by atoms with Crippen molar-refractivity contribution in [3.8, 4) is 0 Å². The van der Waals surface area contributed by atoms with Gasteiger partial charge in [-0.05, 0) is 81.6 Å². The fourth-order valence-corrected chi connectivity index (χ4v) is 5.90. The van der Waals surface area contributed by atoms with Gasteiger partial charge in [0.2, 0.25) is 5.91 Å². The number of piperidine rings is 2. The van der Waals surface area contributed by atoms with Gasteiger partial charge < -0.3 is 10.2 Å². The molecule has 31 heavy (non-hydrogen) atoms. The Kier molecular flexibility index (Phi) is 7.71. The Morgan fingerprint density at radius 2 is 1.81 bits per heavy atom. The number of rotatable bonds is 5. The number of likely N-dealkylation sites (tertiary alicyclic amines) is 1. The van der Waals surface area contributed by atoms with E-state index in [2.05, 4.69) is 35.9 Å². The van der Waals surface area contributed by atoms with Crippen molar-refractivity contribution in [2.75, 3.05) is 26.2 Å². The van der Waals surface area contributed by atoms with Gasteiger partial charge in [-0.1, -0.05) is 26.0 Å². The molecule has 0 bridgehead atoms. The van der Waals surface area contributed by atoms with E-state index in [1.54, 1.807) is 12.1 Å². The van der Waals surface area contributed by atoms with Crippen molar-refractivity contribution in [3.63, 3.8) is 0 Å². The molecule has 3 aliphatic rings. The van der Waals surface area contributed by atoms with Gasteiger partial charge in [-0.2, -0.15) is 0 Å². The molecule has 0 spiro atoms. The molecule has 1 N–H and O–H groups in total. The largest absolute Gasteiger partial charge is 0.335 e. The molecule has 6 heteroatoms. The van der Waals surface area contributed by atoms with Crippen LogP contribution in [0, 0.1) is 17.2 Å². The molecule has 1 aromatic rings. The highest BCUT2D eigenvalue weighted by molar-refractivity contribution is 5.85. The minimum absolute atomic E-state index is 0. The SMILES string of the molecule is CC1(C)CC(C(=O)N(Cc2cccc(F)c2)C2CCN(C3(C)CCNCC3)CC2)C1.Cl. The number of amides is 1. The van der Waals surface area contributed by atoms with E-state index < -0.39 is 0 Å². The number of nitrogens with one attached hydrogen (secondary N) is 1. The third-order valence-corrected chi connectivity index (χ3v) is 7.82. The molecule has 2 saturated heterocycles. The molecule has 4 nitrogen and oxygen atoms in total. The van der Waals surface area contributed by atoms with Gasteiger partial charge in [-0.25, -0.2) is 4.39 Å². The predicted octanol–water partition coefficient (Wildman–Crippen LogP) is 4.62. The Labute approximate surface area is 193 Å². The third-order valence-electron chi connectivity index (χ3n) is 7.82. The first kappa shape index (κ1) is 24.5. The number of nitrogens with zero attached hydrogens (tertiary/aromatic N) is 2. The van der Waals surface area contributed by atoms with Crippen LogP contribution in [-0.2, 0) is 11.3 Å². The first-order valence-corrected chi connectivity index (χ1v) is 11.8. The zero-order valence-electron chi connectivity index (χ0n) is 19.3. The Bertz CT molecular complexity index is 749. The van der Waals surface area contributed by atoms with Crippen LogP contribution in [0.2, 0.25) is 0 Å². The highest BCUT2D eigenvalue weighted by Crippen LogP contribution is 2.46. The summed E-state index contributed by atoms with van der Waals surface area (Å²) in [5.74, 6) is 0.192. The van der Waals surface area contributed by atoms with Crippen LogP contribution in [0.5, 0.6) is 0 Å². The zero-order valence-corrected chi connectivity index (χ0v) is 20.1. The first-order valence-electron chi connectivity index (χ1n) is 11.8. The van der Waals surface area contributed by atoms with Crippen molar-refractivity contribution in [2.24, 2.45) is 11.3 Å². The summed E-state index contributed by atoms with van der Waals surface area (Å²) in [6.45, 7) is 11.7. The lowest BCUT2D eigenvalue weighted by atomic mass is 9.64. The second-order valence-electron chi connectivity index (χ2n) is 10.8. The normalized spacial score (nSPS) is 24.1. The van der Waals surface area contributed by atoms with E-state index in [4.69, 9.17) is 0 Å². The molecule has 1 aromatic carbocycles. The number of hydrogen-bond acceptors (Lipinski definition) is 3. The van der Waals surface area contributed by atoms with Gasteiger partial charge in [0.05, 0.1) is 0 Å². The number of hydrogen-bond donors (Lipinski definition) is 1. The second-order valence-corrected chi connectivity index (χ2v) is 10.8. The van der Waals surface area contributed by atoms with Gasteiger partial charge >= 0.3 is 0 Å². The molecule has 0 atom stereocenters. The van der Waals surface area contributed by atoms with E-state index >= 15 is 0 Å². The van der Waals surface area contributed by atoms with E-state index in [1.807, 2.05) is 6.07 Å². The number of carbonyl (C=O) groups excluding carboxylic acids is 1. The Morgan fingerprint density at radius 3 is 2.39 bits per heavy atom. The molecule has 0 radical (unpaired) electrons. The fourth-order valence-electron chi connectivity index (χ4n) is 5.90. The van der Waals surface area contributed by atoms with Gasteiger partial charge in [-0.15, -0.1) is 12.4 Å². The standard InChI is InChI=1S/C25H38FN3O.ClH/c1-24(2)16-20(17-24)23(30)29(18-19-5-4-6-21(26)15-19)22-7-13-28(14-8-22)25(3)9-11-27-12-10-25;/h4-6,15,20,22,27H,7-14,16-18H2,1-3H3;1H. The van der Waals surface area contributed by atoms with Gasteiger partial charge in [0, 0.05) is 37.1 Å². The molecular weight excluding hydrogens is 413 g/mol. The quantitative estimate of drug-likeness (QED) is 0.709. The first-order chi connectivity index (χ1) is 14.3. The summed E-state index contributed by atoms with van der Waals surface area (Å²) in [6, 6.07) is 7.00. The molecule has 1 amide bonds. The van der Waals surface area contributed by atoms with Crippen molar-refractivity contribution >= 4 is 18.3 Å². The molecule has 0 unspecified atom stereocenters. The average molecular weight is 452 g/mol. The van der Waals surface area contributed by atoms with Gasteiger partial charge in [0.25, 0.3) is 0 Å². The third kappa shape index (κ3) is 5.61. The highest BCUT2D eigenvalue weighted by atomic mass is 35.5. The Morgan fingerprint density at radius 1 is 1.16 bits per heavy atom. The molecule has 4 rings (SSSR count). The summed E-state index contributed by atoms with van der Waals surface area (Å²) in [5, 5.41) is 3.47. The monoisotopic (exact) mass is 451 g/mol. The molecule has 2 aliphatic heterocycles. The van der Waals surface area contributed by atoms with Crippen molar-refractivity contribution in [2.45, 2.75) is 77.4 Å². The van der Waals surface area contributed by atoms with Gasteiger partial charge in [0.1, 0.15) is 5.82 Å². The van der Waals surface area contributed by atoms with E-state index in [0.717, 1.165) is 57.4 Å². The van der Waals surface area contributed by atoms with Crippen molar-refractivity contribution in [1.29, 1.82) is 0 Å². The van der Waals surface area contributed by atoms with Crippen LogP contribution >= 0.6 is 12.4 Å². The minimum Gasteiger partial charge on any atom is -0.335 e. The zero-order chi connectivity index (χ0) is 21.4. The number of carbonyl (C=O) groups is 1. The topological polar surface area (TPSA) is 35.6 Å². The minimum atomic E-state index is -0.224. The van der Waals surface area contributed by atoms with E-state index in [0.29, 0.717) is 6.54 Å². The lowest BCUT2D eigenvalue weighted by Gasteiger charge is -2.50. The van der Waals surface area contributed by atoms with Crippen molar-refractivity contribution in [3.05, 3.63) is 35.6 Å². The predicted molar refractivity (Wildman–Crippen MR) is 126 cm³/mol. The summed E-state index contributed by atoms with van der Waals surface area (Å²) in [4.78, 5) is 18.2. The van der Waals surface area contributed by atoms with Crippen LogP contribution in [0.15, 0.2) is 24.3 Å². The van der Waals surface area contributed by atoms with Crippen LogP contribution in [0.25, 0.3) is 0 Å². The number of benzene rings is 1. The average Bonchev–Trinajstić information content (AvgIpc) is 2.70. The van der Waals surface area contributed by atoms with E-state index in [-0.39, 0.29) is 47.0 Å². The maximum atomic E-state index is 13.8. The highest BCUT2D eigenvalue weighted by Gasteiger charge is 2.44. The lowest BCUT2D eigenvalue weighted by molar-refractivity contribution is -0.147. The Balaban J connectivity index is 0.00000272.